The zero-order valence-corrected chi connectivity index (χ0v) is 10.2. The van der Waals surface area contributed by atoms with Gasteiger partial charge in [-0.3, -0.25) is 4.98 Å². The molecule has 3 nitrogen and oxygen atoms in total. The Kier molecular flexibility index (Phi) is 3.09. The Morgan fingerprint density at radius 3 is 2.71 bits per heavy atom. The maximum Gasteiger partial charge on any atom is 0.339 e. The summed E-state index contributed by atoms with van der Waals surface area (Å²) in [5.74, 6) is -0.290. The van der Waals surface area contributed by atoms with Gasteiger partial charge >= 0.3 is 5.97 Å². The first-order valence-electron chi connectivity index (χ1n) is 5.65. The SMILES string of the molecule is Cc1cc(C(=O)OC(C)C)c2ccccc2n1. The van der Waals surface area contributed by atoms with Crippen molar-refractivity contribution >= 4 is 16.9 Å². The van der Waals surface area contributed by atoms with Gasteiger partial charge in [0.2, 0.25) is 0 Å². The first kappa shape index (κ1) is 11.6. The van der Waals surface area contributed by atoms with Crippen molar-refractivity contribution in [2.75, 3.05) is 0 Å². The van der Waals surface area contributed by atoms with Crippen molar-refractivity contribution in [3.63, 3.8) is 0 Å². The molecule has 0 spiro atoms. The predicted octanol–water partition coefficient (Wildman–Crippen LogP) is 3.11. The van der Waals surface area contributed by atoms with E-state index in [4.69, 9.17) is 4.74 Å². The summed E-state index contributed by atoms with van der Waals surface area (Å²) < 4.78 is 5.23. The maximum absolute atomic E-state index is 12.0. The van der Waals surface area contributed by atoms with Crippen LogP contribution in [-0.4, -0.2) is 17.1 Å². The van der Waals surface area contributed by atoms with Gasteiger partial charge in [0.15, 0.2) is 0 Å². The number of rotatable bonds is 2. The lowest BCUT2D eigenvalue weighted by molar-refractivity contribution is 0.0380. The van der Waals surface area contributed by atoms with E-state index >= 15 is 0 Å². The van der Waals surface area contributed by atoms with Crippen LogP contribution in [0.2, 0.25) is 0 Å². The summed E-state index contributed by atoms with van der Waals surface area (Å²) in [5, 5.41) is 0.837. The molecule has 1 aromatic heterocycles. The average Bonchev–Trinajstić information content (AvgIpc) is 2.26. The van der Waals surface area contributed by atoms with Gasteiger partial charge in [-0.15, -0.1) is 0 Å². The van der Waals surface area contributed by atoms with Crippen LogP contribution in [0.1, 0.15) is 29.9 Å². The molecule has 1 heterocycles. The zero-order valence-electron chi connectivity index (χ0n) is 10.2. The maximum atomic E-state index is 12.0. The molecule has 0 saturated carbocycles. The molecule has 88 valence electrons. The molecule has 0 saturated heterocycles. The van der Waals surface area contributed by atoms with Crippen LogP contribution in [0.3, 0.4) is 0 Å². The van der Waals surface area contributed by atoms with Crippen LogP contribution in [0.4, 0.5) is 0 Å². The van der Waals surface area contributed by atoms with Crippen LogP contribution in [0.25, 0.3) is 10.9 Å². The molecule has 2 aromatic rings. The molecule has 0 atom stereocenters. The molecule has 2 rings (SSSR count). The van der Waals surface area contributed by atoms with Crippen LogP contribution in [-0.2, 0) is 4.74 Å². The van der Waals surface area contributed by atoms with Crippen LogP contribution >= 0.6 is 0 Å². The molecule has 0 amide bonds. The number of aryl methyl sites for hydroxylation is 1. The quantitative estimate of drug-likeness (QED) is 0.743. The largest absolute Gasteiger partial charge is 0.459 e. The third-order valence-electron chi connectivity index (χ3n) is 2.41. The molecule has 0 fully saturated rings. The highest BCUT2D eigenvalue weighted by molar-refractivity contribution is 6.03. The first-order valence-corrected chi connectivity index (χ1v) is 5.65. The highest BCUT2D eigenvalue weighted by Crippen LogP contribution is 2.19. The Hall–Kier alpha value is -1.90. The summed E-state index contributed by atoms with van der Waals surface area (Å²) >= 11 is 0. The van der Waals surface area contributed by atoms with Crippen LogP contribution in [0.15, 0.2) is 30.3 Å². The monoisotopic (exact) mass is 229 g/mol. The molecule has 0 radical (unpaired) electrons. The third kappa shape index (κ3) is 2.44. The standard InChI is InChI=1S/C14H15NO2/c1-9(2)17-14(16)12-8-10(3)15-13-7-5-4-6-11(12)13/h4-9H,1-3H3. The van der Waals surface area contributed by atoms with Crippen molar-refractivity contribution in [2.45, 2.75) is 26.9 Å². The van der Waals surface area contributed by atoms with Crippen molar-refractivity contribution in [1.29, 1.82) is 0 Å². The van der Waals surface area contributed by atoms with Gasteiger partial charge in [-0.1, -0.05) is 18.2 Å². The van der Waals surface area contributed by atoms with E-state index in [2.05, 4.69) is 4.98 Å². The number of hydrogen-bond donors (Lipinski definition) is 0. The second-order valence-electron chi connectivity index (χ2n) is 4.28. The second-order valence-corrected chi connectivity index (χ2v) is 4.28. The number of nitrogens with zero attached hydrogens (tertiary/aromatic N) is 1. The summed E-state index contributed by atoms with van der Waals surface area (Å²) in [6.07, 6.45) is -0.116. The third-order valence-corrected chi connectivity index (χ3v) is 2.41. The lowest BCUT2D eigenvalue weighted by Crippen LogP contribution is -2.12. The molecule has 0 aliphatic rings. The number of carbonyl (C=O) groups is 1. The minimum Gasteiger partial charge on any atom is -0.459 e. The number of pyridine rings is 1. The Balaban J connectivity index is 2.56. The number of benzene rings is 1. The number of fused-ring (bicyclic) bond motifs is 1. The topological polar surface area (TPSA) is 39.2 Å². The van der Waals surface area contributed by atoms with Crippen LogP contribution in [0, 0.1) is 6.92 Å². The summed E-state index contributed by atoms with van der Waals surface area (Å²) in [4.78, 5) is 16.4. The fourth-order valence-electron chi connectivity index (χ4n) is 1.75. The summed E-state index contributed by atoms with van der Waals surface area (Å²) in [6, 6.07) is 9.36. The van der Waals surface area contributed by atoms with E-state index in [1.165, 1.54) is 0 Å². The fourth-order valence-corrected chi connectivity index (χ4v) is 1.75. The van der Waals surface area contributed by atoms with Gasteiger partial charge in [0.1, 0.15) is 0 Å². The van der Waals surface area contributed by atoms with Crippen molar-refractivity contribution < 1.29 is 9.53 Å². The Labute approximate surface area is 100 Å². The minimum atomic E-state index is -0.290. The molecular weight excluding hydrogens is 214 g/mol. The van der Waals surface area contributed by atoms with Crippen molar-refractivity contribution in [3.8, 4) is 0 Å². The summed E-state index contributed by atoms with van der Waals surface area (Å²) in [6.45, 7) is 5.56. The smallest absolute Gasteiger partial charge is 0.339 e. The lowest BCUT2D eigenvalue weighted by Gasteiger charge is -2.10. The van der Waals surface area contributed by atoms with E-state index < -0.39 is 0 Å². The molecule has 17 heavy (non-hydrogen) atoms. The van der Waals surface area contributed by atoms with E-state index in [0.29, 0.717) is 5.56 Å². The van der Waals surface area contributed by atoms with E-state index in [-0.39, 0.29) is 12.1 Å². The summed E-state index contributed by atoms with van der Waals surface area (Å²) in [7, 11) is 0. The van der Waals surface area contributed by atoms with E-state index in [0.717, 1.165) is 16.6 Å². The molecule has 1 aromatic carbocycles. The zero-order chi connectivity index (χ0) is 12.4. The van der Waals surface area contributed by atoms with Crippen molar-refractivity contribution in [1.82, 2.24) is 4.98 Å². The number of carbonyl (C=O) groups excluding carboxylic acids is 1. The van der Waals surface area contributed by atoms with Gasteiger partial charge in [-0.2, -0.15) is 0 Å². The second kappa shape index (κ2) is 4.53. The van der Waals surface area contributed by atoms with Gasteiger partial charge in [0.25, 0.3) is 0 Å². The first-order chi connectivity index (χ1) is 8.08. The summed E-state index contributed by atoms with van der Waals surface area (Å²) in [5.41, 5.74) is 2.23. The average molecular weight is 229 g/mol. The number of aromatic nitrogens is 1. The highest BCUT2D eigenvalue weighted by atomic mass is 16.5. The van der Waals surface area contributed by atoms with Crippen molar-refractivity contribution in [3.05, 3.63) is 41.6 Å². The number of para-hydroxylation sites is 1. The van der Waals surface area contributed by atoms with Crippen LogP contribution < -0.4 is 0 Å². The van der Waals surface area contributed by atoms with Gasteiger partial charge < -0.3 is 4.74 Å². The Morgan fingerprint density at radius 1 is 1.29 bits per heavy atom. The van der Waals surface area contributed by atoms with Gasteiger partial charge in [0, 0.05) is 11.1 Å². The Bertz CT molecular complexity index is 561. The highest BCUT2D eigenvalue weighted by Gasteiger charge is 2.14. The normalized spacial score (nSPS) is 10.8. The fraction of sp³-hybridized carbons (Fsp3) is 0.286. The molecule has 3 heteroatoms. The van der Waals surface area contributed by atoms with E-state index in [1.54, 1.807) is 6.07 Å². The molecule has 0 aliphatic carbocycles. The van der Waals surface area contributed by atoms with Gasteiger partial charge in [-0.25, -0.2) is 4.79 Å². The van der Waals surface area contributed by atoms with Gasteiger partial charge in [-0.05, 0) is 32.9 Å². The number of hydrogen-bond acceptors (Lipinski definition) is 3. The molecule has 0 aliphatic heterocycles. The molecule has 0 bridgehead atoms. The van der Waals surface area contributed by atoms with Gasteiger partial charge in [0.05, 0.1) is 17.2 Å². The van der Waals surface area contributed by atoms with E-state index in [1.807, 2.05) is 45.0 Å². The lowest BCUT2D eigenvalue weighted by atomic mass is 10.1. The number of esters is 1. The number of ether oxygens (including phenoxy) is 1. The molecule has 0 unspecified atom stereocenters. The minimum absolute atomic E-state index is 0.116. The van der Waals surface area contributed by atoms with E-state index in [9.17, 15) is 4.79 Å². The predicted molar refractivity (Wildman–Crippen MR) is 67.0 cm³/mol. The van der Waals surface area contributed by atoms with Crippen LogP contribution in [0.5, 0.6) is 0 Å². The Morgan fingerprint density at radius 2 is 2.00 bits per heavy atom. The van der Waals surface area contributed by atoms with Crippen molar-refractivity contribution in [2.24, 2.45) is 0 Å². The molecular formula is C14H15NO2. The molecule has 0 N–H and O–H groups in total.